The number of ether oxygens (including phenoxy) is 1. The van der Waals surface area contributed by atoms with Crippen LogP contribution >= 0.6 is 35.7 Å². The number of hydrogen-bond acceptors (Lipinski definition) is 7. The molecule has 0 atom stereocenters. The van der Waals surface area contributed by atoms with Crippen molar-refractivity contribution >= 4 is 69.0 Å². The maximum Gasteiger partial charge on any atom is 0.266 e. The van der Waals surface area contributed by atoms with Gasteiger partial charge in [0.2, 0.25) is 5.91 Å². The summed E-state index contributed by atoms with van der Waals surface area (Å²) in [6.07, 6.45) is 1.93. The standard InChI is InChI=1S/C29H25N3O3S3/c1-19-7-9-21(10-8-19)18-37-28-30-23-5-3-4-6-24(23)32(28)26(33)15-16-31-27(34)25(38-29(31)36)17-20-11-13-22(35-2)14-12-20/h3-14,17H,15-16,18H2,1-2H3. The summed E-state index contributed by atoms with van der Waals surface area (Å²) < 4.78 is 7.31. The van der Waals surface area contributed by atoms with Crippen LogP contribution in [-0.4, -0.2) is 44.2 Å². The van der Waals surface area contributed by atoms with E-state index in [9.17, 15) is 9.59 Å². The third-order valence-corrected chi connectivity index (χ3v) is 8.49. The lowest BCUT2D eigenvalue weighted by Gasteiger charge is -2.15. The molecule has 1 fully saturated rings. The second-order valence-electron chi connectivity index (χ2n) is 8.74. The van der Waals surface area contributed by atoms with Crippen molar-refractivity contribution in [2.24, 2.45) is 0 Å². The predicted octanol–water partition coefficient (Wildman–Crippen LogP) is 6.58. The number of imidazole rings is 1. The van der Waals surface area contributed by atoms with Crippen LogP contribution in [0.2, 0.25) is 0 Å². The van der Waals surface area contributed by atoms with Crippen LogP contribution in [0.25, 0.3) is 17.1 Å². The van der Waals surface area contributed by atoms with Crippen LogP contribution in [0.4, 0.5) is 0 Å². The summed E-state index contributed by atoms with van der Waals surface area (Å²) in [5, 5.41) is 0.640. The quantitative estimate of drug-likeness (QED) is 0.137. The molecule has 1 aliphatic heterocycles. The second-order valence-corrected chi connectivity index (χ2v) is 11.4. The number of nitrogens with zero attached hydrogens (tertiary/aromatic N) is 3. The number of aromatic nitrogens is 2. The molecular formula is C29H25N3O3S3. The molecule has 0 aliphatic carbocycles. The van der Waals surface area contributed by atoms with E-state index >= 15 is 0 Å². The Morgan fingerprint density at radius 3 is 2.55 bits per heavy atom. The summed E-state index contributed by atoms with van der Waals surface area (Å²) in [7, 11) is 1.61. The third-order valence-electron chi connectivity index (χ3n) is 6.10. The first-order chi connectivity index (χ1) is 18.4. The van der Waals surface area contributed by atoms with Crippen molar-refractivity contribution in [1.29, 1.82) is 0 Å². The van der Waals surface area contributed by atoms with E-state index in [-0.39, 0.29) is 24.8 Å². The molecule has 0 saturated carbocycles. The number of aryl methyl sites for hydroxylation is 1. The fraction of sp³-hybridized carbons (Fsp3) is 0.172. The molecule has 9 heteroatoms. The number of fused-ring (bicyclic) bond motifs is 1. The van der Waals surface area contributed by atoms with E-state index < -0.39 is 0 Å². The van der Waals surface area contributed by atoms with Crippen molar-refractivity contribution in [2.45, 2.75) is 24.3 Å². The van der Waals surface area contributed by atoms with Gasteiger partial charge in [0, 0.05) is 18.7 Å². The van der Waals surface area contributed by atoms with Gasteiger partial charge in [-0.3, -0.25) is 19.1 Å². The van der Waals surface area contributed by atoms with Gasteiger partial charge < -0.3 is 4.74 Å². The van der Waals surface area contributed by atoms with Crippen LogP contribution in [0.15, 0.2) is 82.9 Å². The molecule has 1 saturated heterocycles. The first kappa shape index (κ1) is 26.2. The van der Waals surface area contributed by atoms with Crippen molar-refractivity contribution in [3.05, 3.63) is 94.4 Å². The lowest BCUT2D eigenvalue weighted by Crippen LogP contribution is -2.31. The van der Waals surface area contributed by atoms with E-state index in [0.29, 0.717) is 20.1 Å². The van der Waals surface area contributed by atoms with Gasteiger partial charge in [0.25, 0.3) is 5.91 Å². The Morgan fingerprint density at radius 2 is 1.82 bits per heavy atom. The molecular weight excluding hydrogens is 535 g/mol. The van der Waals surface area contributed by atoms with Gasteiger partial charge in [-0.1, -0.05) is 89.8 Å². The van der Waals surface area contributed by atoms with Crippen LogP contribution in [0.3, 0.4) is 0 Å². The smallest absolute Gasteiger partial charge is 0.266 e. The van der Waals surface area contributed by atoms with Crippen LogP contribution < -0.4 is 4.74 Å². The number of methoxy groups -OCH3 is 1. The molecule has 1 amide bonds. The number of amides is 1. The summed E-state index contributed by atoms with van der Waals surface area (Å²) in [6, 6.07) is 23.4. The predicted molar refractivity (Wildman–Crippen MR) is 159 cm³/mol. The number of thioether (sulfide) groups is 2. The normalized spacial score (nSPS) is 14.6. The van der Waals surface area contributed by atoms with E-state index in [1.54, 1.807) is 11.7 Å². The largest absolute Gasteiger partial charge is 0.497 e. The van der Waals surface area contributed by atoms with Gasteiger partial charge in [0.1, 0.15) is 10.1 Å². The Bertz CT molecular complexity index is 1540. The number of carbonyl (C=O) groups is 2. The highest BCUT2D eigenvalue weighted by atomic mass is 32.2. The number of carbonyl (C=O) groups excluding carboxylic acids is 2. The Labute approximate surface area is 235 Å². The zero-order chi connectivity index (χ0) is 26.6. The summed E-state index contributed by atoms with van der Waals surface area (Å²) in [5.74, 6) is 1.13. The molecule has 38 heavy (non-hydrogen) atoms. The van der Waals surface area contributed by atoms with Crippen molar-refractivity contribution in [2.75, 3.05) is 13.7 Å². The van der Waals surface area contributed by atoms with Crippen LogP contribution in [0, 0.1) is 6.92 Å². The zero-order valence-electron chi connectivity index (χ0n) is 20.9. The molecule has 1 aliphatic rings. The molecule has 6 nitrogen and oxygen atoms in total. The molecule has 1 aromatic heterocycles. The summed E-state index contributed by atoms with van der Waals surface area (Å²) >= 11 is 8.26. The lowest BCUT2D eigenvalue weighted by atomic mass is 10.2. The minimum absolute atomic E-state index is 0.126. The first-order valence-corrected chi connectivity index (χ1v) is 14.2. The maximum absolute atomic E-state index is 13.5. The fourth-order valence-electron chi connectivity index (χ4n) is 4.04. The highest BCUT2D eigenvalue weighted by Gasteiger charge is 2.32. The molecule has 2 heterocycles. The van der Waals surface area contributed by atoms with Gasteiger partial charge in [-0.25, -0.2) is 4.98 Å². The molecule has 3 aromatic carbocycles. The third kappa shape index (κ3) is 5.70. The van der Waals surface area contributed by atoms with Crippen molar-refractivity contribution in [3.8, 4) is 5.75 Å². The molecule has 4 aromatic rings. The highest BCUT2D eigenvalue weighted by Crippen LogP contribution is 2.33. The van der Waals surface area contributed by atoms with Gasteiger partial charge in [0.05, 0.1) is 23.0 Å². The summed E-state index contributed by atoms with van der Waals surface area (Å²) in [4.78, 5) is 33.4. The van der Waals surface area contributed by atoms with E-state index in [1.165, 1.54) is 34.0 Å². The van der Waals surface area contributed by atoms with Crippen molar-refractivity contribution < 1.29 is 14.3 Å². The molecule has 5 rings (SSSR count). The van der Waals surface area contributed by atoms with E-state index in [0.717, 1.165) is 27.9 Å². The topological polar surface area (TPSA) is 64.4 Å². The van der Waals surface area contributed by atoms with Gasteiger partial charge >= 0.3 is 0 Å². The molecule has 0 spiro atoms. The SMILES string of the molecule is COc1ccc(C=C2SC(=S)N(CCC(=O)n3c(SCc4ccc(C)cc4)nc4ccccc43)C2=O)cc1. The average molecular weight is 560 g/mol. The highest BCUT2D eigenvalue weighted by molar-refractivity contribution is 8.26. The van der Waals surface area contributed by atoms with Crippen molar-refractivity contribution in [3.63, 3.8) is 0 Å². The Morgan fingerprint density at radius 1 is 1.08 bits per heavy atom. The number of thiocarbonyl (C=S) groups is 1. The van der Waals surface area contributed by atoms with E-state index in [4.69, 9.17) is 21.9 Å². The van der Waals surface area contributed by atoms with E-state index in [1.807, 2.05) is 54.6 Å². The molecule has 192 valence electrons. The minimum Gasteiger partial charge on any atom is -0.497 e. The molecule has 0 N–H and O–H groups in total. The summed E-state index contributed by atoms with van der Waals surface area (Å²) in [5.41, 5.74) is 4.76. The van der Waals surface area contributed by atoms with Gasteiger partial charge in [0.15, 0.2) is 5.16 Å². The number of rotatable bonds is 8. The monoisotopic (exact) mass is 559 g/mol. The number of benzene rings is 3. The van der Waals surface area contributed by atoms with E-state index in [2.05, 4.69) is 31.2 Å². The maximum atomic E-state index is 13.5. The average Bonchev–Trinajstić information content (AvgIpc) is 3.43. The fourth-order valence-corrected chi connectivity index (χ4v) is 6.33. The Kier molecular flexibility index (Phi) is 7.97. The minimum atomic E-state index is -0.187. The number of hydrogen-bond donors (Lipinski definition) is 0. The lowest BCUT2D eigenvalue weighted by molar-refractivity contribution is -0.122. The second kappa shape index (κ2) is 11.6. The molecule has 0 bridgehead atoms. The first-order valence-electron chi connectivity index (χ1n) is 12.0. The van der Waals surface area contributed by atoms with Crippen LogP contribution in [-0.2, 0) is 10.5 Å². The molecule has 0 unspecified atom stereocenters. The van der Waals surface area contributed by atoms with Gasteiger partial charge in [-0.05, 0) is 48.4 Å². The Balaban J connectivity index is 1.31. The Hall–Kier alpha value is -3.40. The van der Waals surface area contributed by atoms with Gasteiger partial charge in [-0.15, -0.1) is 0 Å². The van der Waals surface area contributed by atoms with Crippen LogP contribution in [0.5, 0.6) is 5.75 Å². The zero-order valence-corrected chi connectivity index (χ0v) is 23.4. The molecule has 0 radical (unpaired) electrons. The van der Waals surface area contributed by atoms with Gasteiger partial charge in [-0.2, -0.15) is 0 Å². The summed E-state index contributed by atoms with van der Waals surface area (Å²) in [6.45, 7) is 2.26. The van der Waals surface area contributed by atoms with Crippen LogP contribution in [0.1, 0.15) is 27.9 Å². The van der Waals surface area contributed by atoms with Crippen molar-refractivity contribution in [1.82, 2.24) is 14.5 Å². The number of para-hydroxylation sites is 2.